The molecule has 1 aromatic rings. The largest absolute Gasteiger partial charge is 0.389 e. The lowest BCUT2D eigenvalue weighted by molar-refractivity contribution is -0.0104. The Morgan fingerprint density at radius 2 is 2.10 bits per heavy atom. The molecule has 0 saturated heterocycles. The van der Waals surface area contributed by atoms with Gasteiger partial charge in [-0.25, -0.2) is 4.39 Å². The molecule has 0 heterocycles. The molecule has 4 heteroatoms. The zero-order valence-electron chi connectivity index (χ0n) is 12.8. The molecule has 1 aromatic carbocycles. The molecule has 1 aliphatic carbocycles. The molecule has 0 amide bonds. The normalized spacial score (nSPS) is 27.6. The molecule has 2 rings (SSSR count). The van der Waals surface area contributed by atoms with Gasteiger partial charge in [-0.2, -0.15) is 0 Å². The van der Waals surface area contributed by atoms with Crippen LogP contribution < -0.4 is 5.32 Å². The molecular weight excluding hydrogens is 333 g/mol. The van der Waals surface area contributed by atoms with Gasteiger partial charge in [0.2, 0.25) is 0 Å². The Morgan fingerprint density at radius 1 is 1.43 bits per heavy atom. The van der Waals surface area contributed by atoms with Crippen LogP contribution in [-0.2, 0) is 0 Å². The maximum atomic E-state index is 13.9. The first-order valence-electron chi connectivity index (χ1n) is 7.84. The van der Waals surface area contributed by atoms with Gasteiger partial charge in [0.05, 0.1) is 5.60 Å². The highest BCUT2D eigenvalue weighted by Crippen LogP contribution is 2.33. The van der Waals surface area contributed by atoms with Gasteiger partial charge in [-0.1, -0.05) is 29.3 Å². The number of halogens is 2. The molecule has 118 valence electrons. The summed E-state index contributed by atoms with van der Waals surface area (Å²) in [4.78, 5) is 0. The topological polar surface area (TPSA) is 32.3 Å². The van der Waals surface area contributed by atoms with Crippen LogP contribution in [0.2, 0.25) is 0 Å². The summed E-state index contributed by atoms with van der Waals surface area (Å²) >= 11 is 3.37. The summed E-state index contributed by atoms with van der Waals surface area (Å²) in [7, 11) is 0. The second-order valence-electron chi connectivity index (χ2n) is 6.34. The fourth-order valence-electron chi connectivity index (χ4n) is 3.10. The van der Waals surface area contributed by atoms with Crippen molar-refractivity contribution in [1.82, 2.24) is 5.32 Å². The summed E-state index contributed by atoms with van der Waals surface area (Å²) in [5, 5.41) is 13.9. The molecule has 1 aliphatic rings. The van der Waals surface area contributed by atoms with Gasteiger partial charge in [0, 0.05) is 22.6 Å². The fraction of sp³-hybridized carbons (Fsp3) is 0.647. The van der Waals surface area contributed by atoms with Gasteiger partial charge < -0.3 is 10.4 Å². The summed E-state index contributed by atoms with van der Waals surface area (Å²) in [6.45, 7) is 4.67. The number of rotatable bonds is 5. The van der Waals surface area contributed by atoms with E-state index in [4.69, 9.17) is 0 Å². The highest BCUT2D eigenvalue weighted by atomic mass is 79.9. The molecule has 2 N–H and O–H groups in total. The first-order valence-corrected chi connectivity index (χ1v) is 8.63. The molecule has 2 nitrogen and oxygen atoms in total. The third-order valence-electron chi connectivity index (χ3n) is 4.78. The Labute approximate surface area is 135 Å². The lowest BCUT2D eigenvalue weighted by Gasteiger charge is -2.36. The standard InChI is InChI=1S/C17H25BrFNO/c1-3-13-6-8-17(21,9-7-13)11-20-12(2)15-10-14(18)4-5-16(15)19/h4-5,10,12-13,20-21H,3,6-9,11H2,1-2H3. The monoisotopic (exact) mass is 357 g/mol. The molecule has 0 radical (unpaired) electrons. The SMILES string of the molecule is CCC1CCC(O)(CNC(C)c2cc(Br)ccc2F)CC1. The number of nitrogens with one attached hydrogen (secondary N) is 1. The summed E-state index contributed by atoms with van der Waals surface area (Å²) in [5.74, 6) is 0.546. The fourth-order valence-corrected chi connectivity index (χ4v) is 3.48. The maximum Gasteiger partial charge on any atom is 0.128 e. The minimum absolute atomic E-state index is 0.115. The lowest BCUT2D eigenvalue weighted by Crippen LogP contribution is -2.44. The van der Waals surface area contributed by atoms with E-state index in [1.165, 1.54) is 12.5 Å². The van der Waals surface area contributed by atoms with Crippen molar-refractivity contribution in [2.75, 3.05) is 6.54 Å². The summed E-state index contributed by atoms with van der Waals surface area (Å²) in [6, 6.07) is 4.85. The Kier molecular flexibility index (Phi) is 5.81. The maximum absolute atomic E-state index is 13.9. The molecule has 1 fully saturated rings. The van der Waals surface area contributed by atoms with Crippen LogP contribution in [0.4, 0.5) is 4.39 Å². The van der Waals surface area contributed by atoms with E-state index in [2.05, 4.69) is 28.2 Å². The van der Waals surface area contributed by atoms with Crippen LogP contribution in [0.25, 0.3) is 0 Å². The van der Waals surface area contributed by atoms with E-state index in [9.17, 15) is 9.50 Å². The molecule has 1 atom stereocenters. The highest BCUT2D eigenvalue weighted by Gasteiger charge is 2.32. The van der Waals surface area contributed by atoms with Crippen LogP contribution in [-0.4, -0.2) is 17.3 Å². The van der Waals surface area contributed by atoms with Crippen molar-refractivity contribution in [2.45, 2.75) is 57.6 Å². The number of benzene rings is 1. The Hall–Kier alpha value is -0.450. The van der Waals surface area contributed by atoms with Crippen LogP contribution in [0.15, 0.2) is 22.7 Å². The van der Waals surface area contributed by atoms with E-state index in [-0.39, 0.29) is 11.9 Å². The molecule has 1 saturated carbocycles. The van der Waals surface area contributed by atoms with Gasteiger partial charge in [0.15, 0.2) is 0 Å². The molecule has 0 aliphatic heterocycles. The third-order valence-corrected chi connectivity index (χ3v) is 5.27. The van der Waals surface area contributed by atoms with E-state index in [0.717, 1.165) is 36.1 Å². The van der Waals surface area contributed by atoms with E-state index in [1.807, 2.05) is 6.92 Å². The lowest BCUT2D eigenvalue weighted by atomic mass is 9.77. The van der Waals surface area contributed by atoms with Gasteiger partial charge in [-0.15, -0.1) is 0 Å². The van der Waals surface area contributed by atoms with Crippen molar-refractivity contribution in [1.29, 1.82) is 0 Å². The molecule has 21 heavy (non-hydrogen) atoms. The second kappa shape index (κ2) is 7.21. The Morgan fingerprint density at radius 3 is 2.71 bits per heavy atom. The van der Waals surface area contributed by atoms with E-state index in [0.29, 0.717) is 12.1 Å². The van der Waals surface area contributed by atoms with Gasteiger partial charge in [-0.05, 0) is 56.7 Å². The minimum Gasteiger partial charge on any atom is -0.389 e. The van der Waals surface area contributed by atoms with E-state index >= 15 is 0 Å². The summed E-state index contributed by atoms with van der Waals surface area (Å²) in [5.41, 5.74) is -0.00203. The van der Waals surface area contributed by atoms with Crippen LogP contribution in [0, 0.1) is 11.7 Å². The van der Waals surface area contributed by atoms with Crippen LogP contribution in [0.1, 0.15) is 57.6 Å². The highest BCUT2D eigenvalue weighted by molar-refractivity contribution is 9.10. The van der Waals surface area contributed by atoms with Gasteiger partial charge in [0.25, 0.3) is 0 Å². The minimum atomic E-state index is -0.636. The Bertz CT molecular complexity index is 472. The van der Waals surface area contributed by atoms with Crippen molar-refractivity contribution in [3.8, 4) is 0 Å². The van der Waals surface area contributed by atoms with Crippen molar-refractivity contribution < 1.29 is 9.50 Å². The van der Waals surface area contributed by atoms with E-state index in [1.54, 1.807) is 12.1 Å². The number of hydrogen-bond donors (Lipinski definition) is 2. The number of hydrogen-bond acceptors (Lipinski definition) is 2. The molecule has 1 unspecified atom stereocenters. The third kappa shape index (κ3) is 4.51. The average Bonchev–Trinajstić information content (AvgIpc) is 2.48. The summed E-state index contributed by atoms with van der Waals surface area (Å²) in [6.07, 6.45) is 5.06. The van der Waals surface area contributed by atoms with Crippen molar-refractivity contribution >= 4 is 15.9 Å². The van der Waals surface area contributed by atoms with Crippen LogP contribution >= 0.6 is 15.9 Å². The van der Waals surface area contributed by atoms with Crippen molar-refractivity contribution in [3.63, 3.8) is 0 Å². The van der Waals surface area contributed by atoms with Gasteiger partial charge in [0.1, 0.15) is 5.82 Å². The zero-order valence-corrected chi connectivity index (χ0v) is 14.4. The quantitative estimate of drug-likeness (QED) is 0.808. The van der Waals surface area contributed by atoms with E-state index < -0.39 is 5.60 Å². The second-order valence-corrected chi connectivity index (χ2v) is 7.26. The molecule has 0 spiro atoms. The molecule has 0 aromatic heterocycles. The van der Waals surface area contributed by atoms with Crippen LogP contribution in [0.5, 0.6) is 0 Å². The van der Waals surface area contributed by atoms with Crippen molar-refractivity contribution in [3.05, 3.63) is 34.1 Å². The Balaban J connectivity index is 1.92. The summed E-state index contributed by atoms with van der Waals surface area (Å²) < 4.78 is 14.7. The average molecular weight is 358 g/mol. The molecule has 0 bridgehead atoms. The number of aliphatic hydroxyl groups is 1. The molecular formula is C17H25BrFNO. The van der Waals surface area contributed by atoms with Gasteiger partial charge >= 0.3 is 0 Å². The zero-order chi connectivity index (χ0) is 15.5. The first kappa shape index (κ1) is 16.9. The van der Waals surface area contributed by atoms with Crippen LogP contribution in [0.3, 0.4) is 0 Å². The smallest absolute Gasteiger partial charge is 0.128 e. The predicted octanol–water partition coefficient (Wildman–Crippen LogP) is 4.57. The predicted molar refractivity (Wildman–Crippen MR) is 87.7 cm³/mol. The van der Waals surface area contributed by atoms with Gasteiger partial charge in [-0.3, -0.25) is 0 Å². The first-order chi connectivity index (χ1) is 9.93. The van der Waals surface area contributed by atoms with Crippen molar-refractivity contribution in [2.24, 2.45) is 5.92 Å².